The van der Waals surface area contributed by atoms with Crippen LogP contribution in [-0.2, 0) is 23.8 Å². The summed E-state index contributed by atoms with van der Waals surface area (Å²) in [6.07, 6.45) is 8.91. The molecule has 0 spiro atoms. The Kier molecular flexibility index (Phi) is 7.29. The van der Waals surface area contributed by atoms with Gasteiger partial charge in [-0.25, -0.2) is 0 Å². The van der Waals surface area contributed by atoms with Crippen LogP contribution in [0.2, 0.25) is 0 Å². The number of allylic oxidation sites excluding steroid dienone is 4. The first-order valence-corrected chi connectivity index (χ1v) is 14.0. The Hall–Kier alpha value is -1.09. The van der Waals surface area contributed by atoms with Crippen molar-refractivity contribution in [1.82, 2.24) is 0 Å². The summed E-state index contributed by atoms with van der Waals surface area (Å²) in [5.41, 5.74) is -2.01. The van der Waals surface area contributed by atoms with E-state index in [2.05, 4.69) is 6.92 Å². The number of hydrogen-bond donors (Lipinski definition) is 2. The van der Waals surface area contributed by atoms with Gasteiger partial charge in [0.05, 0.1) is 31.3 Å². The molecule has 4 fully saturated rings. The van der Waals surface area contributed by atoms with Crippen molar-refractivity contribution in [3.8, 4) is 0 Å². The highest BCUT2D eigenvalue weighted by molar-refractivity contribution is 6.29. The number of alkyl halides is 1. The number of ketones is 2. The van der Waals surface area contributed by atoms with Gasteiger partial charge in [-0.3, -0.25) is 9.59 Å². The minimum absolute atomic E-state index is 0.00618. The van der Waals surface area contributed by atoms with Crippen LogP contribution in [0.5, 0.6) is 0 Å². The van der Waals surface area contributed by atoms with Gasteiger partial charge in [0.25, 0.3) is 0 Å². The number of aliphatic hydroxyl groups excluding tert-OH is 1. The van der Waals surface area contributed by atoms with E-state index in [1.54, 1.807) is 12.2 Å². The first-order valence-electron chi connectivity index (χ1n) is 13.4. The lowest BCUT2D eigenvalue weighted by molar-refractivity contribution is -0.199. The molecule has 8 heteroatoms. The number of aliphatic hydroxyl groups is 2. The minimum atomic E-state index is -1.79. The highest BCUT2D eigenvalue weighted by Crippen LogP contribution is 2.67. The second-order valence-corrected chi connectivity index (χ2v) is 12.1. The third-order valence-electron chi connectivity index (χ3n) is 10.1. The molecule has 3 saturated carbocycles. The third kappa shape index (κ3) is 4.05. The molecule has 9 atom stereocenters. The van der Waals surface area contributed by atoms with Crippen LogP contribution in [0.25, 0.3) is 0 Å². The van der Waals surface area contributed by atoms with Crippen LogP contribution in [0.4, 0.5) is 0 Å². The fourth-order valence-corrected chi connectivity index (χ4v) is 8.52. The topological polar surface area (TPSA) is 102 Å². The Labute approximate surface area is 218 Å². The molecule has 36 heavy (non-hydrogen) atoms. The number of carbonyl (C=O) groups is 2. The van der Waals surface area contributed by atoms with Gasteiger partial charge in [0.15, 0.2) is 23.5 Å². The highest BCUT2D eigenvalue weighted by Gasteiger charge is 2.71. The molecule has 0 aromatic rings. The van der Waals surface area contributed by atoms with Crippen LogP contribution in [0, 0.1) is 28.6 Å². The zero-order valence-corrected chi connectivity index (χ0v) is 22.0. The molecule has 1 saturated heterocycles. The Balaban J connectivity index is 1.38. The molecular formula is C28H39ClO7. The molecule has 0 aromatic carbocycles. The fourth-order valence-electron chi connectivity index (χ4n) is 8.32. The van der Waals surface area contributed by atoms with Crippen LogP contribution < -0.4 is 0 Å². The van der Waals surface area contributed by atoms with Crippen molar-refractivity contribution in [2.75, 3.05) is 25.7 Å². The molecule has 7 nitrogen and oxygen atoms in total. The number of fused-ring (bicyclic) bond motifs is 5. The molecule has 3 unspecified atom stereocenters. The number of hydrogen-bond acceptors (Lipinski definition) is 7. The molecule has 2 N–H and O–H groups in total. The van der Waals surface area contributed by atoms with Crippen LogP contribution >= 0.6 is 11.6 Å². The quantitative estimate of drug-likeness (QED) is 0.390. The van der Waals surface area contributed by atoms with E-state index in [1.807, 2.05) is 13.0 Å². The van der Waals surface area contributed by atoms with Gasteiger partial charge in [0.1, 0.15) is 0 Å². The molecule has 5 rings (SSSR count). The summed E-state index contributed by atoms with van der Waals surface area (Å²) in [4.78, 5) is 25.3. The van der Waals surface area contributed by atoms with Gasteiger partial charge in [-0.05, 0) is 68.9 Å². The molecule has 4 aliphatic carbocycles. The molecule has 200 valence electrons. The van der Waals surface area contributed by atoms with E-state index in [9.17, 15) is 19.8 Å². The van der Waals surface area contributed by atoms with Crippen LogP contribution in [0.3, 0.4) is 0 Å². The van der Waals surface area contributed by atoms with Crippen LogP contribution in [0.1, 0.15) is 58.8 Å². The second-order valence-electron chi connectivity index (χ2n) is 11.8. The average molecular weight is 523 g/mol. The largest absolute Gasteiger partial charge is 0.393 e. The minimum Gasteiger partial charge on any atom is -0.393 e. The predicted molar refractivity (Wildman–Crippen MR) is 133 cm³/mol. The monoisotopic (exact) mass is 522 g/mol. The van der Waals surface area contributed by atoms with Crippen molar-refractivity contribution in [2.24, 2.45) is 28.6 Å². The molecule has 0 radical (unpaired) electrons. The zero-order chi connectivity index (χ0) is 25.7. The molecule has 1 aliphatic heterocycles. The number of halogens is 1. The van der Waals surface area contributed by atoms with Crippen molar-refractivity contribution in [3.05, 3.63) is 23.8 Å². The Morgan fingerprint density at radius 2 is 2.00 bits per heavy atom. The standard InChI is InChI=1S/C28H39ClO7/c1-26-9-8-18(30)13-17(26)6-7-19-20-14-23(34-11-12-36-24-5-3-4-10-35-24)28(33,22(32)16-29)27(20,2)15-21(31)25(19)26/h8-9,13,19-21,23-25,31,33H,3-7,10-12,14-16H2,1-2H3/t19-,20-,21?,23?,24?,25+,26-,27-,28+/m0/s1. The molecule has 0 aromatic heterocycles. The summed E-state index contributed by atoms with van der Waals surface area (Å²) in [5.74, 6) is -0.819. The van der Waals surface area contributed by atoms with Crippen molar-refractivity contribution < 1.29 is 34.0 Å². The SMILES string of the molecule is C[C@]12C=CC(=O)C=C1CC[C@@H]1[C@@H]2C(O)C[C@@]2(C)[C@H]1CC(OCCOC1CCCCO1)[C@]2(O)C(=O)CCl. The summed E-state index contributed by atoms with van der Waals surface area (Å²) in [7, 11) is 0. The normalized spacial score (nSPS) is 46.0. The first-order chi connectivity index (χ1) is 17.1. The van der Waals surface area contributed by atoms with Gasteiger partial charge in [-0.1, -0.05) is 25.5 Å². The summed E-state index contributed by atoms with van der Waals surface area (Å²) < 4.78 is 17.6. The van der Waals surface area contributed by atoms with E-state index in [0.29, 0.717) is 19.6 Å². The number of rotatable bonds is 7. The van der Waals surface area contributed by atoms with Gasteiger partial charge in [0.2, 0.25) is 0 Å². The maximum atomic E-state index is 13.2. The summed E-state index contributed by atoms with van der Waals surface area (Å²) in [6.45, 7) is 5.27. The van der Waals surface area contributed by atoms with Gasteiger partial charge in [-0.15, -0.1) is 11.6 Å². The molecule has 0 amide bonds. The van der Waals surface area contributed by atoms with E-state index in [-0.39, 0.29) is 48.7 Å². The number of ether oxygens (including phenoxy) is 3. The van der Waals surface area contributed by atoms with Gasteiger partial charge >= 0.3 is 0 Å². The van der Waals surface area contributed by atoms with E-state index in [1.165, 1.54) is 0 Å². The summed E-state index contributed by atoms with van der Waals surface area (Å²) in [6, 6.07) is 0. The van der Waals surface area contributed by atoms with Crippen molar-refractivity contribution in [2.45, 2.75) is 82.9 Å². The van der Waals surface area contributed by atoms with Gasteiger partial charge < -0.3 is 24.4 Å². The smallest absolute Gasteiger partial charge is 0.182 e. The fraction of sp³-hybridized carbons (Fsp3) is 0.786. The molecule has 1 heterocycles. The van der Waals surface area contributed by atoms with Crippen molar-refractivity contribution in [1.29, 1.82) is 0 Å². The Morgan fingerprint density at radius 3 is 2.72 bits per heavy atom. The Morgan fingerprint density at radius 1 is 1.22 bits per heavy atom. The number of Topliss-reactive ketones (excluding diaryl/α,β-unsaturated/α-hetero) is 1. The molecule has 5 aliphatic rings. The van der Waals surface area contributed by atoms with Gasteiger partial charge in [0, 0.05) is 23.4 Å². The zero-order valence-electron chi connectivity index (χ0n) is 21.3. The lowest BCUT2D eigenvalue weighted by Gasteiger charge is -2.59. The highest BCUT2D eigenvalue weighted by atomic mass is 35.5. The number of carbonyl (C=O) groups excluding carboxylic acids is 2. The van der Waals surface area contributed by atoms with E-state index in [0.717, 1.165) is 37.7 Å². The summed E-state index contributed by atoms with van der Waals surface area (Å²) >= 11 is 6.03. The molecule has 0 bridgehead atoms. The van der Waals surface area contributed by atoms with Gasteiger partial charge in [-0.2, -0.15) is 0 Å². The molecular weight excluding hydrogens is 484 g/mol. The van der Waals surface area contributed by atoms with Crippen LogP contribution in [-0.4, -0.2) is 71.6 Å². The van der Waals surface area contributed by atoms with E-state index < -0.39 is 34.4 Å². The van der Waals surface area contributed by atoms with Crippen LogP contribution in [0.15, 0.2) is 23.8 Å². The third-order valence-corrected chi connectivity index (χ3v) is 10.3. The lowest BCUT2D eigenvalue weighted by Crippen LogP contribution is -2.63. The van der Waals surface area contributed by atoms with Crippen molar-refractivity contribution in [3.63, 3.8) is 0 Å². The lowest BCUT2D eigenvalue weighted by atomic mass is 9.46. The first kappa shape index (κ1) is 26.5. The average Bonchev–Trinajstić information content (AvgIpc) is 3.09. The van der Waals surface area contributed by atoms with Crippen molar-refractivity contribution >= 4 is 23.2 Å². The maximum Gasteiger partial charge on any atom is 0.182 e. The van der Waals surface area contributed by atoms with E-state index in [4.69, 9.17) is 25.8 Å². The summed E-state index contributed by atoms with van der Waals surface area (Å²) in [5, 5.41) is 23.6. The predicted octanol–water partition coefficient (Wildman–Crippen LogP) is 3.34. The maximum absolute atomic E-state index is 13.2. The van der Waals surface area contributed by atoms with E-state index >= 15 is 0 Å². The second kappa shape index (κ2) is 9.90. The Bertz CT molecular complexity index is 942.